The van der Waals surface area contributed by atoms with E-state index in [0.717, 1.165) is 25.7 Å². The van der Waals surface area contributed by atoms with E-state index in [0.29, 0.717) is 13.2 Å². The predicted molar refractivity (Wildman–Crippen MR) is 83.5 cm³/mol. The zero-order chi connectivity index (χ0) is 17.4. The van der Waals surface area contributed by atoms with Crippen LogP contribution in [-0.4, -0.2) is 57.9 Å². The summed E-state index contributed by atoms with van der Waals surface area (Å²) in [6.45, 7) is 0.720. The van der Waals surface area contributed by atoms with Gasteiger partial charge in [-0.25, -0.2) is 4.79 Å². The Hall–Kier alpha value is -2.35. The third-order valence-corrected chi connectivity index (χ3v) is 4.89. The number of methoxy groups -OCH3 is 1. The molecule has 2 aliphatic rings. The number of fused-ring (bicyclic) bond motifs is 3. The van der Waals surface area contributed by atoms with Gasteiger partial charge in [-0.3, -0.25) is 9.59 Å². The summed E-state index contributed by atoms with van der Waals surface area (Å²) in [7, 11) is 1.54. The van der Waals surface area contributed by atoms with E-state index < -0.39 is 28.6 Å². The molecule has 1 aliphatic carbocycles. The largest absolute Gasteiger partial charge is 0.503 e. The van der Waals surface area contributed by atoms with Gasteiger partial charge in [0.1, 0.15) is 5.56 Å². The number of carbonyl (C=O) groups excluding carboxylic acids is 1. The fourth-order valence-electron chi connectivity index (χ4n) is 3.77. The van der Waals surface area contributed by atoms with Crippen LogP contribution in [0.4, 0.5) is 0 Å². The highest BCUT2D eigenvalue weighted by Gasteiger charge is 2.42. The molecular formula is C16H20N2O6. The summed E-state index contributed by atoms with van der Waals surface area (Å²) >= 11 is 0. The van der Waals surface area contributed by atoms with Crippen LogP contribution in [0.1, 0.15) is 52.6 Å². The molecule has 1 aromatic rings. The summed E-state index contributed by atoms with van der Waals surface area (Å²) in [5.74, 6) is -2.65. The molecule has 1 saturated carbocycles. The Kier molecular flexibility index (Phi) is 4.31. The van der Waals surface area contributed by atoms with Gasteiger partial charge in [0.05, 0.1) is 18.7 Å². The highest BCUT2D eigenvalue weighted by molar-refractivity contribution is 5.98. The average molecular weight is 336 g/mol. The SMILES string of the molecule is COCCN1C(=O)c2c(O)c(=O)c(C(=O)O)cn2C2CCCCC21. The van der Waals surface area contributed by atoms with Crippen molar-refractivity contribution in [3.05, 3.63) is 27.7 Å². The molecule has 2 atom stereocenters. The molecule has 0 radical (unpaired) electrons. The van der Waals surface area contributed by atoms with E-state index in [9.17, 15) is 24.6 Å². The molecule has 1 aromatic heterocycles. The van der Waals surface area contributed by atoms with E-state index >= 15 is 0 Å². The van der Waals surface area contributed by atoms with Gasteiger partial charge in [0.15, 0.2) is 11.4 Å². The Balaban J connectivity index is 2.17. The lowest BCUT2D eigenvalue weighted by molar-refractivity contribution is 0.0333. The van der Waals surface area contributed by atoms with E-state index in [4.69, 9.17) is 4.74 Å². The summed E-state index contributed by atoms with van der Waals surface area (Å²) in [5, 5.41) is 19.4. The standard InChI is InChI=1S/C16H20N2O6/c1-24-7-6-17-10-4-2-3-5-11(10)18-8-9(16(22)23)13(19)14(20)12(18)15(17)21/h8,10-11,20H,2-7H2,1H3,(H,22,23). The summed E-state index contributed by atoms with van der Waals surface area (Å²) in [5.41, 5.74) is -1.66. The third kappa shape index (κ3) is 2.47. The number of rotatable bonds is 4. The molecule has 2 unspecified atom stereocenters. The minimum Gasteiger partial charge on any atom is -0.503 e. The van der Waals surface area contributed by atoms with Crippen molar-refractivity contribution >= 4 is 11.9 Å². The first-order chi connectivity index (χ1) is 11.5. The number of carboxylic acid groups (broad SMARTS) is 1. The van der Waals surface area contributed by atoms with Crippen LogP contribution in [0.5, 0.6) is 5.75 Å². The molecule has 0 spiro atoms. The van der Waals surface area contributed by atoms with Gasteiger partial charge in [-0.05, 0) is 12.8 Å². The van der Waals surface area contributed by atoms with Gasteiger partial charge in [-0.2, -0.15) is 0 Å². The molecule has 130 valence electrons. The molecule has 0 saturated heterocycles. The van der Waals surface area contributed by atoms with Gasteiger partial charge in [0.25, 0.3) is 5.91 Å². The van der Waals surface area contributed by atoms with E-state index in [-0.39, 0.29) is 17.8 Å². The van der Waals surface area contributed by atoms with Crippen LogP contribution < -0.4 is 5.43 Å². The Morgan fingerprint density at radius 3 is 2.58 bits per heavy atom. The number of ether oxygens (including phenoxy) is 1. The van der Waals surface area contributed by atoms with Crippen molar-refractivity contribution in [3.8, 4) is 5.75 Å². The molecule has 0 bridgehead atoms. The second kappa shape index (κ2) is 6.27. The van der Waals surface area contributed by atoms with Crippen LogP contribution in [0.3, 0.4) is 0 Å². The topological polar surface area (TPSA) is 109 Å². The molecule has 1 amide bonds. The Labute approximate surface area is 138 Å². The quantitative estimate of drug-likeness (QED) is 0.843. The zero-order valence-electron chi connectivity index (χ0n) is 13.4. The van der Waals surface area contributed by atoms with Crippen LogP contribution in [0.25, 0.3) is 0 Å². The number of aromatic carboxylic acids is 1. The van der Waals surface area contributed by atoms with Crippen LogP contribution >= 0.6 is 0 Å². The average Bonchev–Trinajstić information content (AvgIpc) is 2.57. The van der Waals surface area contributed by atoms with Crippen molar-refractivity contribution in [2.75, 3.05) is 20.3 Å². The molecule has 3 rings (SSSR count). The maximum atomic E-state index is 12.8. The second-order valence-corrected chi connectivity index (χ2v) is 6.19. The third-order valence-electron chi connectivity index (χ3n) is 4.89. The predicted octanol–water partition coefficient (Wildman–Crippen LogP) is 0.838. The smallest absolute Gasteiger partial charge is 0.341 e. The van der Waals surface area contributed by atoms with Crippen molar-refractivity contribution in [1.29, 1.82) is 0 Å². The Morgan fingerprint density at radius 1 is 1.29 bits per heavy atom. The molecule has 8 heteroatoms. The maximum Gasteiger partial charge on any atom is 0.341 e. The fourth-order valence-corrected chi connectivity index (χ4v) is 3.77. The molecule has 1 fully saturated rings. The number of aromatic nitrogens is 1. The van der Waals surface area contributed by atoms with Gasteiger partial charge >= 0.3 is 5.97 Å². The summed E-state index contributed by atoms with van der Waals surface area (Å²) in [4.78, 5) is 37.8. The highest BCUT2D eigenvalue weighted by Crippen LogP contribution is 2.39. The molecule has 1 aliphatic heterocycles. The van der Waals surface area contributed by atoms with Crippen molar-refractivity contribution < 1.29 is 24.5 Å². The first-order valence-corrected chi connectivity index (χ1v) is 7.98. The van der Waals surface area contributed by atoms with Crippen LogP contribution in [0.2, 0.25) is 0 Å². The van der Waals surface area contributed by atoms with Gasteiger partial charge < -0.3 is 24.4 Å². The highest BCUT2D eigenvalue weighted by atomic mass is 16.5. The minimum atomic E-state index is -1.41. The van der Waals surface area contributed by atoms with Gasteiger partial charge in [0, 0.05) is 19.9 Å². The lowest BCUT2D eigenvalue weighted by atomic mass is 9.86. The van der Waals surface area contributed by atoms with E-state index in [1.165, 1.54) is 10.8 Å². The van der Waals surface area contributed by atoms with Crippen LogP contribution in [0.15, 0.2) is 11.0 Å². The molecule has 2 N–H and O–H groups in total. The van der Waals surface area contributed by atoms with Crippen molar-refractivity contribution in [3.63, 3.8) is 0 Å². The Bertz CT molecular complexity index is 741. The molecule has 24 heavy (non-hydrogen) atoms. The van der Waals surface area contributed by atoms with E-state index in [1.54, 1.807) is 12.0 Å². The zero-order valence-corrected chi connectivity index (χ0v) is 13.4. The van der Waals surface area contributed by atoms with Crippen LogP contribution in [0, 0.1) is 0 Å². The maximum absolute atomic E-state index is 12.8. The number of amides is 1. The second-order valence-electron chi connectivity index (χ2n) is 6.19. The number of aromatic hydroxyl groups is 1. The number of hydrogen-bond donors (Lipinski definition) is 2. The summed E-state index contributed by atoms with van der Waals surface area (Å²) in [6, 6.07) is -0.231. The van der Waals surface area contributed by atoms with Crippen LogP contribution in [-0.2, 0) is 4.74 Å². The van der Waals surface area contributed by atoms with Crippen molar-refractivity contribution in [1.82, 2.24) is 9.47 Å². The van der Waals surface area contributed by atoms with Crippen molar-refractivity contribution in [2.45, 2.75) is 37.8 Å². The number of nitrogens with zero attached hydrogens (tertiary/aromatic N) is 2. The first kappa shape index (κ1) is 16.5. The van der Waals surface area contributed by atoms with E-state index in [1.807, 2.05) is 0 Å². The molecule has 8 nitrogen and oxygen atoms in total. The number of carbonyl (C=O) groups is 2. The molecular weight excluding hydrogens is 316 g/mol. The first-order valence-electron chi connectivity index (χ1n) is 7.98. The van der Waals surface area contributed by atoms with Gasteiger partial charge in [0.2, 0.25) is 5.43 Å². The van der Waals surface area contributed by atoms with E-state index in [2.05, 4.69) is 0 Å². The minimum absolute atomic E-state index is 0.0857. The normalized spacial score (nSPS) is 22.9. The summed E-state index contributed by atoms with van der Waals surface area (Å²) in [6.07, 6.45) is 4.69. The number of pyridine rings is 1. The number of carboxylic acids is 1. The fraction of sp³-hybridized carbons (Fsp3) is 0.562. The lowest BCUT2D eigenvalue weighted by Gasteiger charge is -2.45. The molecule has 2 heterocycles. The van der Waals surface area contributed by atoms with Crippen molar-refractivity contribution in [2.24, 2.45) is 0 Å². The lowest BCUT2D eigenvalue weighted by Crippen LogP contribution is -2.53. The number of hydrogen-bond acceptors (Lipinski definition) is 5. The monoisotopic (exact) mass is 336 g/mol. The van der Waals surface area contributed by atoms with Gasteiger partial charge in [-0.15, -0.1) is 0 Å². The summed E-state index contributed by atoms with van der Waals surface area (Å²) < 4.78 is 6.56. The molecule has 0 aromatic carbocycles. The van der Waals surface area contributed by atoms with Gasteiger partial charge in [-0.1, -0.05) is 12.8 Å². The Morgan fingerprint density at radius 2 is 1.96 bits per heavy atom.